The van der Waals surface area contributed by atoms with Crippen LogP contribution >= 0.6 is 0 Å². The van der Waals surface area contributed by atoms with E-state index in [1.54, 1.807) is 34.6 Å². The average Bonchev–Trinajstić information content (AvgIpc) is 3.57. The van der Waals surface area contributed by atoms with Gasteiger partial charge < -0.3 is 10.0 Å². The maximum atomic E-state index is 13.4. The lowest BCUT2D eigenvalue weighted by atomic mass is 9.79. The van der Waals surface area contributed by atoms with Gasteiger partial charge in [0.1, 0.15) is 12.1 Å². The van der Waals surface area contributed by atoms with Crippen molar-refractivity contribution in [1.82, 2.24) is 18.2 Å². The van der Waals surface area contributed by atoms with Gasteiger partial charge in [0.25, 0.3) is 10.0 Å². The smallest absolute Gasteiger partial charge is 0.269 e. The van der Waals surface area contributed by atoms with E-state index in [1.807, 2.05) is 14.0 Å². The van der Waals surface area contributed by atoms with Crippen molar-refractivity contribution in [3.63, 3.8) is 0 Å². The van der Waals surface area contributed by atoms with Gasteiger partial charge in [-0.25, -0.2) is 35.1 Å². The monoisotopic (exact) mass is 575 g/mol. The summed E-state index contributed by atoms with van der Waals surface area (Å²) in [5.74, 6) is 1.14. The zero-order chi connectivity index (χ0) is 27.9. The van der Waals surface area contributed by atoms with E-state index in [1.165, 1.54) is 16.5 Å². The van der Waals surface area contributed by atoms with Crippen LogP contribution in [-0.2, 0) is 20.0 Å². The Hall–Kier alpha value is -2.54. The minimum atomic E-state index is -3.82. The van der Waals surface area contributed by atoms with Crippen LogP contribution in [0, 0.1) is 24.7 Å². The molecule has 0 radical (unpaired) electrons. The average molecular weight is 576 g/mol. The molecule has 12 heteroatoms. The van der Waals surface area contributed by atoms with Crippen LogP contribution in [0.1, 0.15) is 38.2 Å². The molecule has 2 aliphatic rings. The fourth-order valence-electron chi connectivity index (χ4n) is 6.19. The second-order valence-electron chi connectivity index (χ2n) is 11.2. The maximum Gasteiger partial charge on any atom is 0.269 e. The third-order valence-electron chi connectivity index (χ3n) is 8.42. The van der Waals surface area contributed by atoms with Crippen molar-refractivity contribution in [2.75, 3.05) is 37.4 Å². The normalized spacial score (nSPS) is 24.8. The van der Waals surface area contributed by atoms with E-state index >= 15 is 0 Å². The third-order valence-corrected chi connectivity index (χ3v) is 12.1. The van der Waals surface area contributed by atoms with Gasteiger partial charge in [0.15, 0.2) is 5.65 Å². The molecule has 0 bridgehead atoms. The Kier molecular flexibility index (Phi) is 7.75. The number of nitrogens with zero attached hydrogens (tertiary/aromatic N) is 5. The predicted molar refractivity (Wildman–Crippen MR) is 151 cm³/mol. The molecule has 2 aromatic heterocycles. The number of hydrogen-bond donors (Lipinski definition) is 1. The second kappa shape index (κ2) is 10.8. The Morgan fingerprint density at radius 2 is 1.77 bits per heavy atom. The van der Waals surface area contributed by atoms with E-state index < -0.39 is 20.0 Å². The molecule has 39 heavy (non-hydrogen) atoms. The van der Waals surface area contributed by atoms with Crippen molar-refractivity contribution in [2.45, 2.75) is 50.5 Å². The molecule has 1 N–H and O–H groups in total. The summed E-state index contributed by atoms with van der Waals surface area (Å²) in [6, 6.07) is 8.61. The van der Waals surface area contributed by atoms with Crippen molar-refractivity contribution in [2.24, 2.45) is 17.8 Å². The SMILES string of the molecule is Cc1ccc(S(=O)(=O)n2ccc3c(N(C)C4CCC(CS(=O)(=O)N5CC[C@H](CO)C5)CC4C)ncnc32)cc1. The molecular formula is C27H37N5O5S2. The zero-order valence-corrected chi connectivity index (χ0v) is 24.3. The third kappa shape index (κ3) is 5.44. The van der Waals surface area contributed by atoms with Gasteiger partial charge in [-0.15, -0.1) is 0 Å². The van der Waals surface area contributed by atoms with Crippen molar-refractivity contribution < 1.29 is 21.9 Å². The highest BCUT2D eigenvalue weighted by molar-refractivity contribution is 7.90. The van der Waals surface area contributed by atoms with Gasteiger partial charge in [-0.1, -0.05) is 24.6 Å². The number of anilines is 1. The number of benzene rings is 1. The Labute approximate surface area is 230 Å². The van der Waals surface area contributed by atoms with Crippen LogP contribution in [0.5, 0.6) is 0 Å². The molecule has 1 saturated heterocycles. The molecule has 3 heterocycles. The zero-order valence-electron chi connectivity index (χ0n) is 22.6. The summed E-state index contributed by atoms with van der Waals surface area (Å²) >= 11 is 0. The minimum absolute atomic E-state index is 0.0259. The first kappa shape index (κ1) is 28.0. The molecule has 1 aromatic carbocycles. The van der Waals surface area contributed by atoms with Gasteiger partial charge in [-0.3, -0.25) is 0 Å². The topological polar surface area (TPSA) is 126 Å². The number of aromatic nitrogens is 3. The van der Waals surface area contributed by atoms with Crippen LogP contribution in [-0.4, -0.2) is 78.7 Å². The molecular weight excluding hydrogens is 538 g/mol. The van der Waals surface area contributed by atoms with Crippen LogP contribution < -0.4 is 4.90 Å². The summed E-state index contributed by atoms with van der Waals surface area (Å²) in [5.41, 5.74) is 1.30. The number of sulfonamides is 1. The molecule has 3 unspecified atom stereocenters. The molecule has 0 spiro atoms. The fraction of sp³-hybridized carbons (Fsp3) is 0.556. The van der Waals surface area contributed by atoms with E-state index in [9.17, 15) is 21.9 Å². The predicted octanol–water partition coefficient (Wildman–Crippen LogP) is 2.86. The van der Waals surface area contributed by atoms with Gasteiger partial charge in [0.05, 0.1) is 16.0 Å². The van der Waals surface area contributed by atoms with Crippen molar-refractivity contribution >= 4 is 36.9 Å². The fourth-order valence-corrected chi connectivity index (χ4v) is 9.42. The Morgan fingerprint density at radius 1 is 1.03 bits per heavy atom. The molecule has 4 atom stereocenters. The first-order valence-electron chi connectivity index (χ1n) is 13.5. The van der Waals surface area contributed by atoms with E-state index in [2.05, 4.69) is 21.8 Å². The van der Waals surface area contributed by atoms with Gasteiger partial charge in [-0.05, 0) is 68.6 Å². The van der Waals surface area contributed by atoms with Crippen molar-refractivity contribution in [3.8, 4) is 0 Å². The van der Waals surface area contributed by atoms with Gasteiger partial charge in [0, 0.05) is 39.0 Å². The lowest BCUT2D eigenvalue weighted by Gasteiger charge is -2.40. The number of fused-ring (bicyclic) bond motifs is 1. The molecule has 5 rings (SSSR count). The van der Waals surface area contributed by atoms with Crippen LogP contribution in [0.25, 0.3) is 11.0 Å². The van der Waals surface area contributed by atoms with Crippen molar-refractivity contribution in [3.05, 3.63) is 48.4 Å². The van der Waals surface area contributed by atoms with Gasteiger partial charge in [-0.2, -0.15) is 0 Å². The standard InChI is InChI=1S/C27H37N5O5S2/c1-19-4-7-23(8-5-19)39(36,37)32-13-11-24-26(28-18-29-27(24)32)30(3)25-9-6-21(14-20(25)2)17-38(34,35)31-12-10-22(15-31)16-33/h4-5,7-8,11,13,18,20-22,25,33H,6,9-10,12,14-17H2,1-3H3/t20?,21?,22-,25?/m0/s1. The first-order chi connectivity index (χ1) is 18.5. The van der Waals surface area contributed by atoms with Gasteiger partial charge in [0.2, 0.25) is 10.0 Å². The highest BCUT2D eigenvalue weighted by Gasteiger charge is 2.37. The van der Waals surface area contributed by atoms with Gasteiger partial charge >= 0.3 is 0 Å². The van der Waals surface area contributed by atoms with Crippen LogP contribution in [0.2, 0.25) is 0 Å². The quantitative estimate of drug-likeness (QED) is 0.435. The lowest BCUT2D eigenvalue weighted by Crippen LogP contribution is -2.43. The summed E-state index contributed by atoms with van der Waals surface area (Å²) in [4.78, 5) is 11.1. The van der Waals surface area contributed by atoms with Crippen LogP contribution in [0.3, 0.4) is 0 Å². The molecule has 1 aliphatic carbocycles. The molecule has 10 nitrogen and oxygen atoms in total. The maximum absolute atomic E-state index is 13.4. The lowest BCUT2D eigenvalue weighted by molar-refractivity contribution is 0.232. The number of aryl methyl sites for hydroxylation is 1. The van der Waals surface area contributed by atoms with E-state index in [-0.39, 0.29) is 41.1 Å². The van der Waals surface area contributed by atoms with Crippen LogP contribution in [0.15, 0.2) is 47.8 Å². The number of rotatable bonds is 8. The molecule has 2 fully saturated rings. The number of aliphatic hydroxyl groups excluding tert-OH is 1. The van der Waals surface area contributed by atoms with E-state index in [0.29, 0.717) is 36.4 Å². The van der Waals surface area contributed by atoms with Crippen molar-refractivity contribution in [1.29, 1.82) is 0 Å². The highest BCUT2D eigenvalue weighted by Crippen LogP contribution is 2.37. The summed E-state index contributed by atoms with van der Waals surface area (Å²) in [7, 11) is -5.21. The summed E-state index contributed by atoms with van der Waals surface area (Å²) < 4.78 is 55.5. The highest BCUT2D eigenvalue weighted by atomic mass is 32.2. The summed E-state index contributed by atoms with van der Waals surface area (Å²) in [6.07, 6.45) is 6.01. The summed E-state index contributed by atoms with van der Waals surface area (Å²) in [6.45, 7) is 4.98. The molecule has 1 saturated carbocycles. The van der Waals surface area contributed by atoms with E-state index in [0.717, 1.165) is 24.8 Å². The van der Waals surface area contributed by atoms with E-state index in [4.69, 9.17) is 0 Å². The molecule has 3 aromatic rings. The second-order valence-corrected chi connectivity index (χ2v) is 15.0. The molecule has 212 valence electrons. The minimum Gasteiger partial charge on any atom is -0.396 e. The summed E-state index contributed by atoms with van der Waals surface area (Å²) in [5, 5.41) is 10.0. The Morgan fingerprint density at radius 3 is 2.44 bits per heavy atom. The number of hydrogen-bond acceptors (Lipinski definition) is 8. The first-order valence-corrected chi connectivity index (χ1v) is 16.5. The molecule has 0 amide bonds. The molecule has 1 aliphatic heterocycles. The Balaban J connectivity index is 1.32. The van der Waals surface area contributed by atoms with Crippen LogP contribution in [0.4, 0.5) is 5.82 Å². The largest absolute Gasteiger partial charge is 0.396 e. The Bertz CT molecular complexity index is 1540. The number of aliphatic hydroxyl groups is 1.